The molecule has 0 atom stereocenters. The summed E-state index contributed by atoms with van der Waals surface area (Å²) in [6.45, 7) is 6.14. The number of aryl methyl sites for hydroxylation is 2. The highest BCUT2D eigenvalue weighted by atomic mass is 16.5. The summed E-state index contributed by atoms with van der Waals surface area (Å²) >= 11 is 0. The van der Waals surface area contributed by atoms with Gasteiger partial charge >= 0.3 is 6.03 Å². The Kier molecular flexibility index (Phi) is 5.85. The van der Waals surface area contributed by atoms with Crippen LogP contribution in [0.2, 0.25) is 0 Å². The van der Waals surface area contributed by atoms with Crippen LogP contribution in [0.3, 0.4) is 0 Å². The third-order valence-corrected chi connectivity index (χ3v) is 3.75. The Morgan fingerprint density at radius 1 is 1.32 bits per heavy atom. The predicted octanol–water partition coefficient (Wildman–Crippen LogP) is 3.14. The van der Waals surface area contributed by atoms with Gasteiger partial charge in [0.15, 0.2) is 0 Å². The molecule has 0 unspecified atom stereocenters. The summed E-state index contributed by atoms with van der Waals surface area (Å²) in [6.07, 6.45) is 1.77. The Morgan fingerprint density at radius 2 is 2.04 bits per heavy atom. The van der Waals surface area contributed by atoms with Gasteiger partial charge in [0, 0.05) is 26.8 Å². The summed E-state index contributed by atoms with van der Waals surface area (Å²) in [5, 5.41) is 2.71. The number of ether oxygens (including phenoxy) is 1. The summed E-state index contributed by atoms with van der Waals surface area (Å²) < 4.78 is 7.11. The van der Waals surface area contributed by atoms with E-state index in [4.69, 9.17) is 4.74 Å². The predicted molar refractivity (Wildman–Crippen MR) is 99.1 cm³/mol. The molecule has 0 radical (unpaired) electrons. The number of carbonyl (C=O) groups is 1. The van der Waals surface area contributed by atoms with Gasteiger partial charge in [-0.05, 0) is 50.1 Å². The molecular formula is C19H25N3O3. The molecule has 0 spiro atoms. The van der Waals surface area contributed by atoms with Crippen molar-refractivity contribution in [2.24, 2.45) is 7.05 Å². The molecule has 25 heavy (non-hydrogen) atoms. The van der Waals surface area contributed by atoms with Crippen LogP contribution in [0.1, 0.15) is 25.0 Å². The van der Waals surface area contributed by atoms with Crippen molar-refractivity contribution in [2.45, 2.75) is 33.4 Å². The molecule has 0 saturated carbocycles. The first-order chi connectivity index (χ1) is 11.8. The van der Waals surface area contributed by atoms with Gasteiger partial charge in [0.1, 0.15) is 11.4 Å². The number of amides is 2. The number of pyridine rings is 1. The van der Waals surface area contributed by atoms with E-state index in [0.717, 1.165) is 16.9 Å². The number of hydrogen-bond acceptors (Lipinski definition) is 3. The minimum absolute atomic E-state index is 0.0912. The zero-order valence-corrected chi connectivity index (χ0v) is 15.4. The molecule has 0 bridgehead atoms. The van der Waals surface area contributed by atoms with Crippen LogP contribution < -0.4 is 15.6 Å². The summed E-state index contributed by atoms with van der Waals surface area (Å²) in [7, 11) is 3.34. The molecule has 0 aliphatic heterocycles. The van der Waals surface area contributed by atoms with Crippen molar-refractivity contribution in [1.82, 2.24) is 9.47 Å². The Labute approximate surface area is 148 Å². The molecule has 2 amide bonds. The molecule has 1 N–H and O–H groups in total. The first-order valence-corrected chi connectivity index (χ1v) is 8.22. The first kappa shape index (κ1) is 18.6. The number of benzene rings is 1. The van der Waals surface area contributed by atoms with Gasteiger partial charge in [0.05, 0.1) is 6.10 Å². The van der Waals surface area contributed by atoms with E-state index in [0.29, 0.717) is 12.2 Å². The second-order valence-electron chi connectivity index (χ2n) is 6.39. The lowest BCUT2D eigenvalue weighted by Crippen LogP contribution is -2.34. The quantitative estimate of drug-likeness (QED) is 0.907. The normalized spacial score (nSPS) is 10.6. The van der Waals surface area contributed by atoms with Gasteiger partial charge in [-0.15, -0.1) is 0 Å². The molecule has 134 valence electrons. The van der Waals surface area contributed by atoms with E-state index in [-0.39, 0.29) is 17.7 Å². The topological polar surface area (TPSA) is 63.6 Å². The SMILES string of the molecule is Cc1ccn(C)c(=O)c1NC(=O)N(C)Cc1cccc(OC(C)C)c1. The Balaban J connectivity index is 2.09. The van der Waals surface area contributed by atoms with E-state index in [1.165, 1.54) is 9.47 Å². The van der Waals surface area contributed by atoms with Crippen molar-refractivity contribution < 1.29 is 9.53 Å². The van der Waals surface area contributed by atoms with Crippen molar-refractivity contribution in [1.29, 1.82) is 0 Å². The second kappa shape index (κ2) is 7.88. The first-order valence-electron chi connectivity index (χ1n) is 8.22. The highest BCUT2D eigenvalue weighted by Crippen LogP contribution is 2.16. The molecule has 0 aliphatic rings. The van der Waals surface area contributed by atoms with Gasteiger partial charge in [-0.25, -0.2) is 4.79 Å². The third kappa shape index (κ3) is 4.86. The van der Waals surface area contributed by atoms with Crippen molar-refractivity contribution in [3.63, 3.8) is 0 Å². The maximum atomic E-state index is 12.4. The largest absolute Gasteiger partial charge is 0.491 e. The average Bonchev–Trinajstić information content (AvgIpc) is 2.54. The van der Waals surface area contributed by atoms with Gasteiger partial charge in [-0.3, -0.25) is 4.79 Å². The third-order valence-electron chi connectivity index (χ3n) is 3.75. The molecule has 6 nitrogen and oxygen atoms in total. The monoisotopic (exact) mass is 343 g/mol. The minimum Gasteiger partial charge on any atom is -0.491 e. The lowest BCUT2D eigenvalue weighted by atomic mass is 10.2. The zero-order chi connectivity index (χ0) is 18.6. The van der Waals surface area contributed by atoms with Crippen LogP contribution in [0.4, 0.5) is 10.5 Å². The standard InChI is InChI=1S/C19H25N3O3/c1-13(2)25-16-8-6-7-15(11-16)12-22(5)19(24)20-17-14(3)9-10-21(4)18(17)23/h6-11,13H,12H2,1-5H3,(H,20,24). The number of nitrogens with zero attached hydrogens (tertiary/aromatic N) is 2. The maximum absolute atomic E-state index is 12.4. The summed E-state index contributed by atoms with van der Waals surface area (Å²) in [6, 6.07) is 9.10. The Bertz CT molecular complexity index is 812. The number of aromatic nitrogens is 1. The number of carbonyl (C=O) groups excluding carboxylic acids is 1. The van der Waals surface area contributed by atoms with Gasteiger partial charge in [-0.1, -0.05) is 12.1 Å². The van der Waals surface area contributed by atoms with Crippen LogP contribution in [-0.2, 0) is 13.6 Å². The molecule has 1 aromatic heterocycles. The number of anilines is 1. The Morgan fingerprint density at radius 3 is 2.72 bits per heavy atom. The van der Waals surface area contributed by atoms with Gasteiger partial charge in [0.25, 0.3) is 5.56 Å². The second-order valence-corrected chi connectivity index (χ2v) is 6.39. The molecule has 0 fully saturated rings. The summed E-state index contributed by atoms with van der Waals surface area (Å²) in [4.78, 5) is 26.1. The number of hydrogen-bond donors (Lipinski definition) is 1. The molecule has 2 aromatic rings. The van der Waals surface area contributed by atoms with Crippen LogP contribution >= 0.6 is 0 Å². The maximum Gasteiger partial charge on any atom is 0.322 e. The number of urea groups is 1. The molecule has 0 aliphatic carbocycles. The molecule has 1 heterocycles. The van der Waals surface area contributed by atoms with Crippen LogP contribution in [0.15, 0.2) is 41.3 Å². The molecule has 6 heteroatoms. The zero-order valence-electron chi connectivity index (χ0n) is 15.4. The highest BCUT2D eigenvalue weighted by molar-refractivity contribution is 5.89. The van der Waals surface area contributed by atoms with Crippen LogP contribution in [0.5, 0.6) is 5.75 Å². The fourth-order valence-corrected chi connectivity index (χ4v) is 2.41. The average molecular weight is 343 g/mol. The van der Waals surface area contributed by atoms with E-state index in [1.54, 1.807) is 33.3 Å². The van der Waals surface area contributed by atoms with Crippen LogP contribution in [0.25, 0.3) is 0 Å². The fourth-order valence-electron chi connectivity index (χ4n) is 2.41. The van der Waals surface area contributed by atoms with Gasteiger partial charge in [-0.2, -0.15) is 0 Å². The highest BCUT2D eigenvalue weighted by Gasteiger charge is 2.14. The smallest absolute Gasteiger partial charge is 0.322 e. The van der Waals surface area contributed by atoms with Crippen LogP contribution in [0, 0.1) is 6.92 Å². The van der Waals surface area contributed by atoms with E-state index in [9.17, 15) is 9.59 Å². The molecular weight excluding hydrogens is 318 g/mol. The van der Waals surface area contributed by atoms with E-state index < -0.39 is 0 Å². The van der Waals surface area contributed by atoms with Gasteiger partial charge < -0.3 is 19.5 Å². The van der Waals surface area contributed by atoms with E-state index in [2.05, 4.69) is 5.32 Å². The summed E-state index contributed by atoms with van der Waals surface area (Å²) in [5.41, 5.74) is 1.76. The van der Waals surface area contributed by atoms with E-state index in [1.807, 2.05) is 38.1 Å². The van der Waals surface area contributed by atoms with Crippen molar-refractivity contribution in [3.05, 3.63) is 58.0 Å². The molecule has 1 aromatic carbocycles. The van der Waals surface area contributed by atoms with Crippen LogP contribution in [-0.4, -0.2) is 28.6 Å². The fraction of sp³-hybridized carbons (Fsp3) is 0.368. The lowest BCUT2D eigenvalue weighted by molar-refractivity contribution is 0.220. The lowest BCUT2D eigenvalue weighted by Gasteiger charge is -2.19. The van der Waals surface area contributed by atoms with Crippen molar-refractivity contribution in [3.8, 4) is 5.75 Å². The molecule has 2 rings (SSSR count). The summed E-state index contributed by atoms with van der Waals surface area (Å²) in [5.74, 6) is 0.772. The Hall–Kier alpha value is -2.76. The van der Waals surface area contributed by atoms with Crippen molar-refractivity contribution >= 4 is 11.7 Å². The van der Waals surface area contributed by atoms with Crippen molar-refractivity contribution in [2.75, 3.05) is 12.4 Å². The van der Waals surface area contributed by atoms with Gasteiger partial charge in [0.2, 0.25) is 0 Å². The number of rotatable bonds is 5. The minimum atomic E-state index is -0.332. The molecule has 0 saturated heterocycles. The number of nitrogens with one attached hydrogen (secondary N) is 1. The van der Waals surface area contributed by atoms with E-state index >= 15 is 0 Å².